The molecule has 0 atom stereocenters. The summed E-state index contributed by atoms with van der Waals surface area (Å²) < 4.78 is 25.1. The van der Waals surface area contributed by atoms with Gasteiger partial charge < -0.3 is 5.11 Å². The molecule has 0 bridgehead atoms. The third kappa shape index (κ3) is 4.31. The highest BCUT2D eigenvalue weighted by Crippen LogP contribution is 2.28. The Hall–Kier alpha value is -2.93. The third-order valence-electron chi connectivity index (χ3n) is 4.45. The summed E-state index contributed by atoms with van der Waals surface area (Å²) in [5, 5.41) is 13.6. The van der Waals surface area contributed by atoms with Crippen molar-refractivity contribution in [2.75, 3.05) is 6.26 Å². The number of hydrogen-bond donors (Lipinski definition) is 1. The first-order valence-electron chi connectivity index (χ1n) is 8.85. The van der Waals surface area contributed by atoms with E-state index in [4.69, 9.17) is 5.11 Å². The van der Waals surface area contributed by atoms with E-state index in [9.17, 15) is 13.2 Å². The van der Waals surface area contributed by atoms with Crippen molar-refractivity contribution in [2.45, 2.75) is 31.2 Å². The van der Waals surface area contributed by atoms with E-state index in [2.05, 4.69) is 5.10 Å². The molecule has 6 nitrogen and oxygen atoms in total. The Labute approximate surface area is 164 Å². The zero-order valence-corrected chi connectivity index (χ0v) is 16.8. The van der Waals surface area contributed by atoms with E-state index in [1.807, 2.05) is 50.2 Å². The maximum Gasteiger partial charge on any atom is 0.325 e. The Bertz CT molecular complexity index is 1110. The Morgan fingerprint density at radius 2 is 1.68 bits per heavy atom. The van der Waals surface area contributed by atoms with Crippen LogP contribution in [0.1, 0.15) is 25.5 Å². The highest BCUT2D eigenvalue weighted by Gasteiger charge is 2.15. The van der Waals surface area contributed by atoms with Gasteiger partial charge in [0.1, 0.15) is 6.54 Å². The number of nitrogens with zero attached hydrogens (tertiary/aromatic N) is 2. The van der Waals surface area contributed by atoms with Gasteiger partial charge in [-0.2, -0.15) is 5.10 Å². The SMILES string of the molecule is CC(C)c1cc(-c2ccc(-c3cccc(S(C)(=O)=O)c3)cc2)n(CC(=O)O)n1. The number of aliphatic carboxylic acids is 1. The van der Waals surface area contributed by atoms with E-state index in [1.54, 1.807) is 18.2 Å². The largest absolute Gasteiger partial charge is 0.480 e. The lowest BCUT2D eigenvalue weighted by molar-refractivity contribution is -0.137. The lowest BCUT2D eigenvalue weighted by Crippen LogP contribution is -2.11. The summed E-state index contributed by atoms with van der Waals surface area (Å²) in [6.45, 7) is 3.81. The molecule has 0 spiro atoms. The topological polar surface area (TPSA) is 89.3 Å². The molecule has 1 heterocycles. The van der Waals surface area contributed by atoms with E-state index in [-0.39, 0.29) is 17.4 Å². The van der Waals surface area contributed by atoms with Crippen LogP contribution in [0.25, 0.3) is 22.4 Å². The lowest BCUT2D eigenvalue weighted by Gasteiger charge is -2.08. The monoisotopic (exact) mass is 398 g/mol. The minimum Gasteiger partial charge on any atom is -0.480 e. The van der Waals surface area contributed by atoms with Crippen molar-refractivity contribution in [3.63, 3.8) is 0 Å². The number of carboxylic acid groups (broad SMARTS) is 1. The van der Waals surface area contributed by atoms with Gasteiger partial charge in [-0.15, -0.1) is 0 Å². The van der Waals surface area contributed by atoms with Gasteiger partial charge in [0.25, 0.3) is 0 Å². The Balaban J connectivity index is 1.99. The van der Waals surface area contributed by atoms with Crippen LogP contribution in [0.15, 0.2) is 59.5 Å². The average Bonchev–Trinajstić information content (AvgIpc) is 3.05. The Kier molecular flexibility index (Phi) is 5.38. The van der Waals surface area contributed by atoms with Crippen LogP contribution >= 0.6 is 0 Å². The number of rotatable bonds is 6. The van der Waals surface area contributed by atoms with Crippen molar-refractivity contribution in [1.29, 1.82) is 0 Å². The van der Waals surface area contributed by atoms with Crippen LogP contribution in [-0.2, 0) is 21.2 Å². The van der Waals surface area contributed by atoms with Crippen LogP contribution in [0.4, 0.5) is 0 Å². The molecular weight excluding hydrogens is 376 g/mol. The predicted octanol–water partition coefficient (Wildman–Crippen LogP) is 3.83. The van der Waals surface area contributed by atoms with E-state index in [0.29, 0.717) is 0 Å². The second-order valence-corrected chi connectivity index (χ2v) is 9.05. The molecule has 28 heavy (non-hydrogen) atoms. The molecule has 0 aliphatic carbocycles. The average molecular weight is 398 g/mol. The molecule has 0 fully saturated rings. The first kappa shape index (κ1) is 19.8. The second-order valence-electron chi connectivity index (χ2n) is 7.04. The Morgan fingerprint density at radius 1 is 1.04 bits per heavy atom. The van der Waals surface area contributed by atoms with Gasteiger partial charge in [0.15, 0.2) is 9.84 Å². The summed E-state index contributed by atoms with van der Waals surface area (Å²) in [4.78, 5) is 11.4. The van der Waals surface area contributed by atoms with Crippen LogP contribution in [0.2, 0.25) is 0 Å². The van der Waals surface area contributed by atoms with Crippen molar-refractivity contribution in [3.05, 3.63) is 60.3 Å². The molecule has 2 aromatic carbocycles. The minimum atomic E-state index is -3.27. The normalized spacial score (nSPS) is 11.7. The van der Waals surface area contributed by atoms with E-state index < -0.39 is 15.8 Å². The Morgan fingerprint density at radius 3 is 2.25 bits per heavy atom. The smallest absolute Gasteiger partial charge is 0.325 e. The van der Waals surface area contributed by atoms with E-state index in [1.165, 1.54) is 10.9 Å². The van der Waals surface area contributed by atoms with Gasteiger partial charge in [0.2, 0.25) is 0 Å². The van der Waals surface area contributed by atoms with Crippen LogP contribution < -0.4 is 0 Å². The summed E-state index contributed by atoms with van der Waals surface area (Å²) in [6, 6.07) is 16.3. The molecule has 3 rings (SSSR count). The highest BCUT2D eigenvalue weighted by molar-refractivity contribution is 7.90. The van der Waals surface area contributed by atoms with Gasteiger partial charge in [-0.05, 0) is 40.8 Å². The minimum absolute atomic E-state index is 0.187. The second kappa shape index (κ2) is 7.59. The molecule has 0 aliphatic heterocycles. The highest BCUT2D eigenvalue weighted by atomic mass is 32.2. The molecule has 0 radical (unpaired) electrons. The first-order valence-corrected chi connectivity index (χ1v) is 10.7. The van der Waals surface area contributed by atoms with Crippen LogP contribution in [0.5, 0.6) is 0 Å². The van der Waals surface area contributed by atoms with Crippen LogP contribution in [0, 0.1) is 0 Å². The fourth-order valence-corrected chi connectivity index (χ4v) is 3.61. The van der Waals surface area contributed by atoms with Gasteiger partial charge in [-0.3, -0.25) is 9.48 Å². The summed E-state index contributed by atoms with van der Waals surface area (Å²) in [7, 11) is -3.27. The lowest BCUT2D eigenvalue weighted by atomic mass is 10.0. The summed E-state index contributed by atoms with van der Waals surface area (Å²) in [5.74, 6) is -0.763. The summed E-state index contributed by atoms with van der Waals surface area (Å²) >= 11 is 0. The molecule has 146 valence electrons. The third-order valence-corrected chi connectivity index (χ3v) is 5.56. The molecule has 7 heteroatoms. The summed E-state index contributed by atoms with van der Waals surface area (Å²) in [5.41, 5.74) is 4.10. The molecule has 0 unspecified atom stereocenters. The molecule has 0 aliphatic rings. The number of aromatic nitrogens is 2. The molecule has 3 aromatic rings. The number of carbonyl (C=O) groups is 1. The van der Waals surface area contributed by atoms with E-state index >= 15 is 0 Å². The van der Waals surface area contributed by atoms with Crippen LogP contribution in [-0.4, -0.2) is 35.5 Å². The molecule has 0 saturated carbocycles. The van der Waals surface area contributed by atoms with Crippen molar-refractivity contribution in [1.82, 2.24) is 9.78 Å². The number of benzene rings is 2. The van der Waals surface area contributed by atoms with E-state index in [0.717, 1.165) is 28.1 Å². The van der Waals surface area contributed by atoms with Crippen molar-refractivity contribution < 1.29 is 18.3 Å². The maximum absolute atomic E-state index is 11.8. The number of sulfone groups is 1. The molecule has 1 N–H and O–H groups in total. The van der Waals surface area contributed by atoms with Gasteiger partial charge in [-0.1, -0.05) is 50.2 Å². The quantitative estimate of drug-likeness (QED) is 0.682. The standard InChI is InChI=1S/C21H22N2O4S/c1-14(2)19-12-20(23(22-19)13-21(24)25)16-9-7-15(8-10-16)17-5-4-6-18(11-17)28(3,26)27/h4-12,14H,13H2,1-3H3,(H,24,25). The number of carboxylic acids is 1. The summed E-state index contributed by atoms with van der Waals surface area (Å²) in [6.07, 6.45) is 1.19. The fraction of sp³-hybridized carbons (Fsp3) is 0.238. The van der Waals surface area contributed by atoms with Crippen molar-refractivity contribution >= 4 is 15.8 Å². The zero-order chi connectivity index (χ0) is 20.5. The number of hydrogen-bond acceptors (Lipinski definition) is 4. The fourth-order valence-electron chi connectivity index (χ4n) is 2.94. The maximum atomic E-state index is 11.8. The van der Waals surface area contributed by atoms with Gasteiger partial charge >= 0.3 is 5.97 Å². The van der Waals surface area contributed by atoms with Gasteiger partial charge in [-0.25, -0.2) is 8.42 Å². The van der Waals surface area contributed by atoms with Gasteiger partial charge in [0.05, 0.1) is 16.3 Å². The predicted molar refractivity (Wildman–Crippen MR) is 108 cm³/mol. The van der Waals surface area contributed by atoms with Crippen LogP contribution in [0.3, 0.4) is 0 Å². The first-order chi connectivity index (χ1) is 13.1. The molecule has 0 amide bonds. The molecular formula is C21H22N2O4S. The molecule has 1 aromatic heterocycles. The van der Waals surface area contributed by atoms with Crippen molar-refractivity contribution in [3.8, 4) is 22.4 Å². The van der Waals surface area contributed by atoms with Crippen molar-refractivity contribution in [2.24, 2.45) is 0 Å². The molecule has 0 saturated heterocycles. The zero-order valence-electron chi connectivity index (χ0n) is 16.0. The van der Waals surface area contributed by atoms with Gasteiger partial charge in [0, 0.05) is 6.26 Å².